The van der Waals surface area contributed by atoms with Gasteiger partial charge in [-0.2, -0.15) is 0 Å². The third-order valence-corrected chi connectivity index (χ3v) is 1.21. The number of nitrogens with one attached hydrogen (secondary N) is 1. The summed E-state index contributed by atoms with van der Waals surface area (Å²) >= 11 is 0. The molecule has 1 saturated heterocycles. The average molecular weight is 115 g/mol. The Morgan fingerprint density at radius 1 is 1.88 bits per heavy atom. The Kier molecular flexibility index (Phi) is 1.48. The van der Waals surface area contributed by atoms with Gasteiger partial charge in [0.05, 0.1) is 6.42 Å². The van der Waals surface area contributed by atoms with Gasteiger partial charge in [0.15, 0.2) is 6.23 Å². The first-order valence-electron chi connectivity index (χ1n) is 2.69. The molecule has 1 atom stereocenters. The lowest BCUT2D eigenvalue weighted by molar-refractivity contribution is -0.142. The minimum atomic E-state index is -0.0932. The largest absolute Gasteiger partial charge is 0.447 e. The average Bonchev–Trinajstić information content (AvgIpc) is 2.14. The van der Waals surface area contributed by atoms with Crippen molar-refractivity contribution in [3.63, 3.8) is 0 Å². The van der Waals surface area contributed by atoms with E-state index in [9.17, 15) is 4.79 Å². The van der Waals surface area contributed by atoms with Gasteiger partial charge in [-0.1, -0.05) is 0 Å². The third-order valence-electron chi connectivity index (χ3n) is 1.21. The van der Waals surface area contributed by atoms with E-state index < -0.39 is 0 Å². The molecule has 1 aliphatic rings. The molecule has 1 heterocycles. The van der Waals surface area contributed by atoms with Gasteiger partial charge in [0.25, 0.3) is 0 Å². The highest BCUT2D eigenvalue weighted by atomic mass is 16.6. The van der Waals surface area contributed by atoms with Crippen molar-refractivity contribution in [3.8, 4) is 0 Å². The smallest absolute Gasteiger partial charge is 0.307 e. The lowest BCUT2D eigenvalue weighted by Gasteiger charge is -2.04. The second-order valence-corrected chi connectivity index (χ2v) is 1.81. The molecule has 0 aromatic carbocycles. The van der Waals surface area contributed by atoms with E-state index in [1.165, 1.54) is 0 Å². The van der Waals surface area contributed by atoms with Crippen LogP contribution in [0.15, 0.2) is 0 Å². The van der Waals surface area contributed by atoms with Crippen molar-refractivity contribution in [2.45, 2.75) is 19.1 Å². The van der Waals surface area contributed by atoms with Gasteiger partial charge in [0, 0.05) is 6.42 Å². The number of hydrogen-bond acceptors (Lipinski definition) is 3. The Morgan fingerprint density at radius 3 is 2.88 bits per heavy atom. The van der Waals surface area contributed by atoms with Gasteiger partial charge in [0.2, 0.25) is 0 Å². The number of cyclic esters (lactones) is 1. The van der Waals surface area contributed by atoms with Crippen LogP contribution in [0.2, 0.25) is 0 Å². The van der Waals surface area contributed by atoms with Crippen molar-refractivity contribution in [2.75, 3.05) is 7.05 Å². The second-order valence-electron chi connectivity index (χ2n) is 1.81. The molecule has 0 radical (unpaired) electrons. The molecule has 1 aliphatic heterocycles. The number of hydrogen-bond donors (Lipinski definition) is 1. The van der Waals surface area contributed by atoms with Crippen molar-refractivity contribution in [2.24, 2.45) is 0 Å². The van der Waals surface area contributed by atoms with Gasteiger partial charge in [-0.15, -0.1) is 0 Å². The summed E-state index contributed by atoms with van der Waals surface area (Å²) < 4.78 is 4.76. The molecule has 1 rings (SSSR count). The molecule has 3 nitrogen and oxygen atoms in total. The van der Waals surface area contributed by atoms with Crippen molar-refractivity contribution in [3.05, 3.63) is 0 Å². The normalized spacial score (nSPS) is 28.1. The maximum atomic E-state index is 10.4. The molecule has 1 unspecified atom stereocenters. The van der Waals surface area contributed by atoms with Crippen molar-refractivity contribution >= 4 is 5.97 Å². The zero-order chi connectivity index (χ0) is 5.98. The number of carbonyl (C=O) groups excluding carboxylic acids is 1. The van der Waals surface area contributed by atoms with Gasteiger partial charge in [0.1, 0.15) is 0 Å². The quantitative estimate of drug-likeness (QED) is 0.484. The SMILES string of the molecule is CNC1CCC(=O)O1. The van der Waals surface area contributed by atoms with Crippen LogP contribution in [0.25, 0.3) is 0 Å². The summed E-state index contributed by atoms with van der Waals surface area (Å²) in [5.41, 5.74) is 0. The number of esters is 1. The molecular formula is C5H9NO2. The highest BCUT2D eigenvalue weighted by Crippen LogP contribution is 2.09. The Labute approximate surface area is 48.0 Å². The van der Waals surface area contributed by atoms with E-state index in [4.69, 9.17) is 4.74 Å². The van der Waals surface area contributed by atoms with Crippen LogP contribution in [0, 0.1) is 0 Å². The van der Waals surface area contributed by atoms with Crippen LogP contribution in [-0.2, 0) is 9.53 Å². The van der Waals surface area contributed by atoms with Gasteiger partial charge in [-0.25, -0.2) is 0 Å². The zero-order valence-electron chi connectivity index (χ0n) is 4.81. The zero-order valence-corrected chi connectivity index (χ0v) is 4.81. The van der Waals surface area contributed by atoms with E-state index in [1.807, 2.05) is 0 Å². The predicted molar refractivity (Wildman–Crippen MR) is 28.2 cm³/mol. The fourth-order valence-electron chi connectivity index (χ4n) is 0.729. The lowest BCUT2D eigenvalue weighted by atomic mass is 10.3. The summed E-state index contributed by atoms with van der Waals surface area (Å²) in [6.45, 7) is 0. The molecule has 0 spiro atoms. The standard InChI is InChI=1S/C5H9NO2/c1-6-4-2-3-5(7)8-4/h4,6H,2-3H2,1H3. The molecule has 0 aliphatic carbocycles. The van der Waals surface area contributed by atoms with E-state index in [0.717, 1.165) is 6.42 Å². The van der Waals surface area contributed by atoms with Crippen LogP contribution in [-0.4, -0.2) is 19.2 Å². The Bertz CT molecular complexity index is 103. The summed E-state index contributed by atoms with van der Waals surface area (Å²) in [6, 6.07) is 0. The molecule has 8 heavy (non-hydrogen) atoms. The number of ether oxygens (including phenoxy) is 1. The van der Waals surface area contributed by atoms with Crippen molar-refractivity contribution < 1.29 is 9.53 Å². The summed E-state index contributed by atoms with van der Waals surface area (Å²) in [4.78, 5) is 10.4. The Hall–Kier alpha value is -0.570. The first-order chi connectivity index (χ1) is 3.83. The predicted octanol–water partition coefficient (Wildman–Crippen LogP) is -0.131. The lowest BCUT2D eigenvalue weighted by Crippen LogP contribution is -2.23. The second kappa shape index (κ2) is 2.13. The first kappa shape index (κ1) is 5.56. The monoisotopic (exact) mass is 115 g/mol. The van der Waals surface area contributed by atoms with Crippen LogP contribution in [0.4, 0.5) is 0 Å². The summed E-state index contributed by atoms with van der Waals surface area (Å²) in [6.07, 6.45) is 1.35. The Morgan fingerprint density at radius 2 is 2.62 bits per heavy atom. The molecule has 1 fully saturated rings. The maximum Gasteiger partial charge on any atom is 0.307 e. The van der Waals surface area contributed by atoms with E-state index in [2.05, 4.69) is 5.32 Å². The fraction of sp³-hybridized carbons (Fsp3) is 0.800. The van der Waals surface area contributed by atoms with E-state index in [0.29, 0.717) is 6.42 Å². The van der Waals surface area contributed by atoms with Gasteiger partial charge >= 0.3 is 5.97 Å². The molecule has 0 bridgehead atoms. The van der Waals surface area contributed by atoms with Crippen LogP contribution in [0.1, 0.15) is 12.8 Å². The minimum Gasteiger partial charge on any atom is -0.447 e. The molecule has 1 N–H and O–H groups in total. The minimum absolute atomic E-state index is 0.0255. The summed E-state index contributed by atoms with van der Waals surface area (Å²) in [7, 11) is 1.78. The summed E-state index contributed by atoms with van der Waals surface area (Å²) in [5, 5.41) is 2.85. The van der Waals surface area contributed by atoms with Crippen molar-refractivity contribution in [1.82, 2.24) is 5.32 Å². The number of carbonyl (C=O) groups is 1. The van der Waals surface area contributed by atoms with Gasteiger partial charge in [-0.05, 0) is 7.05 Å². The number of rotatable bonds is 1. The summed E-state index contributed by atoms with van der Waals surface area (Å²) in [5.74, 6) is -0.0932. The van der Waals surface area contributed by atoms with E-state index in [1.54, 1.807) is 7.05 Å². The van der Waals surface area contributed by atoms with Gasteiger partial charge in [-0.3, -0.25) is 10.1 Å². The third kappa shape index (κ3) is 0.980. The molecule has 46 valence electrons. The molecule has 3 heteroatoms. The van der Waals surface area contributed by atoms with Crippen LogP contribution in [0.3, 0.4) is 0 Å². The van der Waals surface area contributed by atoms with Crippen LogP contribution in [0.5, 0.6) is 0 Å². The first-order valence-corrected chi connectivity index (χ1v) is 2.69. The Balaban J connectivity index is 2.32. The molecule has 0 saturated carbocycles. The van der Waals surface area contributed by atoms with Gasteiger partial charge < -0.3 is 4.74 Å². The highest BCUT2D eigenvalue weighted by molar-refractivity contribution is 5.71. The van der Waals surface area contributed by atoms with Crippen LogP contribution < -0.4 is 5.32 Å². The molecule has 0 amide bonds. The van der Waals surface area contributed by atoms with Crippen molar-refractivity contribution in [1.29, 1.82) is 0 Å². The van der Waals surface area contributed by atoms with E-state index >= 15 is 0 Å². The molecule has 0 aromatic rings. The molecular weight excluding hydrogens is 106 g/mol. The molecule has 0 aromatic heterocycles. The fourth-order valence-corrected chi connectivity index (χ4v) is 0.729. The highest BCUT2D eigenvalue weighted by Gasteiger charge is 2.20. The van der Waals surface area contributed by atoms with Crippen LogP contribution >= 0.6 is 0 Å². The topological polar surface area (TPSA) is 38.3 Å². The van der Waals surface area contributed by atoms with E-state index in [-0.39, 0.29) is 12.2 Å². The maximum absolute atomic E-state index is 10.4.